The van der Waals surface area contributed by atoms with E-state index in [2.05, 4.69) is 19.1 Å². The van der Waals surface area contributed by atoms with Gasteiger partial charge in [-0.15, -0.1) is 0 Å². The van der Waals surface area contributed by atoms with E-state index in [1.54, 1.807) is 0 Å². The topological polar surface area (TPSA) is 17.1 Å². The fraction of sp³-hybridized carbons (Fsp3) is 0.750. The molecule has 2 heteroatoms. The summed E-state index contributed by atoms with van der Waals surface area (Å²) in [5.74, 6) is 1.61. The van der Waals surface area contributed by atoms with Crippen LogP contribution in [0.5, 0.6) is 0 Å². The maximum absolute atomic E-state index is 11.3. The highest BCUT2D eigenvalue weighted by Crippen LogP contribution is 2.45. The van der Waals surface area contributed by atoms with Crippen LogP contribution in [0.25, 0.3) is 0 Å². The molecule has 1 nitrogen and oxygen atoms in total. The van der Waals surface area contributed by atoms with E-state index in [9.17, 15) is 4.79 Å². The van der Waals surface area contributed by atoms with Crippen molar-refractivity contribution >= 4 is 16.8 Å². The molecule has 0 aromatic heterocycles. The molecule has 2 saturated carbocycles. The minimum absolute atomic E-state index is 0.356. The third-order valence-electron chi connectivity index (χ3n) is 8.25. The van der Waals surface area contributed by atoms with Crippen LogP contribution in [0, 0.1) is 11.3 Å². The highest BCUT2D eigenvalue weighted by Gasteiger charge is 2.31. The summed E-state index contributed by atoms with van der Waals surface area (Å²) >= 11 is 5.57. The molecule has 0 heterocycles. The lowest BCUT2D eigenvalue weighted by molar-refractivity contribution is 0.108. The fourth-order valence-corrected chi connectivity index (χ4v) is 6.41. The Balaban J connectivity index is 1.36. The Kier molecular flexibility index (Phi) is 9.75. The lowest BCUT2D eigenvalue weighted by Gasteiger charge is -2.38. The minimum atomic E-state index is -0.356. The van der Waals surface area contributed by atoms with Gasteiger partial charge in [-0.2, -0.15) is 0 Å². The molecule has 168 valence electrons. The SMILES string of the molecule is CCCCCC1(CCCCC2CCC(c3ccc(C(=O)Cl)cc3)CC2)CCCCC1. The Morgan fingerprint density at radius 1 is 0.900 bits per heavy atom. The van der Waals surface area contributed by atoms with Crippen molar-refractivity contribution in [2.24, 2.45) is 11.3 Å². The van der Waals surface area contributed by atoms with E-state index in [0.717, 1.165) is 5.92 Å². The molecule has 1 aromatic carbocycles. The summed E-state index contributed by atoms with van der Waals surface area (Å²) in [6.07, 6.45) is 24.4. The zero-order valence-electron chi connectivity index (χ0n) is 19.3. The Hall–Kier alpha value is -0.820. The molecule has 3 rings (SSSR count). The third kappa shape index (κ3) is 7.11. The van der Waals surface area contributed by atoms with Crippen molar-refractivity contribution < 1.29 is 4.79 Å². The number of rotatable bonds is 11. The summed E-state index contributed by atoms with van der Waals surface area (Å²) in [6.45, 7) is 2.33. The standard InChI is InChI=1S/C28H43ClO/c1-2-3-6-19-28(20-7-4-8-21-28)22-9-5-10-23-11-13-24(14-12-23)25-15-17-26(18-16-25)27(29)30/h15-18,23-24H,2-14,19-22H2,1H3. The fourth-order valence-electron chi connectivity index (χ4n) is 6.28. The molecule has 2 aliphatic rings. The van der Waals surface area contributed by atoms with Crippen LogP contribution < -0.4 is 0 Å². The quantitative estimate of drug-likeness (QED) is 0.252. The normalized spacial score (nSPS) is 23.9. The first-order valence-electron chi connectivity index (χ1n) is 12.9. The molecule has 0 saturated heterocycles. The van der Waals surface area contributed by atoms with Crippen LogP contribution >= 0.6 is 11.6 Å². The van der Waals surface area contributed by atoms with Crippen LogP contribution in [0.1, 0.15) is 138 Å². The smallest absolute Gasteiger partial charge is 0.252 e. The molecular formula is C28H43ClO. The molecule has 0 atom stereocenters. The molecule has 0 aliphatic heterocycles. The predicted octanol–water partition coefficient (Wildman–Crippen LogP) is 9.43. The molecule has 0 N–H and O–H groups in total. The van der Waals surface area contributed by atoms with Crippen molar-refractivity contribution in [3.63, 3.8) is 0 Å². The highest BCUT2D eigenvalue weighted by molar-refractivity contribution is 6.67. The van der Waals surface area contributed by atoms with Crippen molar-refractivity contribution in [3.8, 4) is 0 Å². The number of halogens is 1. The third-order valence-corrected chi connectivity index (χ3v) is 8.47. The van der Waals surface area contributed by atoms with Crippen LogP contribution in [-0.4, -0.2) is 5.24 Å². The molecular weight excluding hydrogens is 388 g/mol. The summed E-state index contributed by atoms with van der Waals surface area (Å²) in [5.41, 5.74) is 2.71. The summed E-state index contributed by atoms with van der Waals surface area (Å²) in [7, 11) is 0. The first kappa shape index (κ1) is 23.8. The van der Waals surface area contributed by atoms with E-state index in [-0.39, 0.29) is 5.24 Å². The Morgan fingerprint density at radius 3 is 2.13 bits per heavy atom. The maximum Gasteiger partial charge on any atom is 0.252 e. The number of hydrogen-bond donors (Lipinski definition) is 0. The molecule has 0 bridgehead atoms. The van der Waals surface area contributed by atoms with Gasteiger partial charge in [-0.25, -0.2) is 0 Å². The van der Waals surface area contributed by atoms with Gasteiger partial charge in [0, 0.05) is 5.56 Å². The lowest BCUT2D eigenvalue weighted by Crippen LogP contribution is -2.24. The average Bonchev–Trinajstić information content (AvgIpc) is 2.78. The number of benzene rings is 1. The molecule has 2 fully saturated rings. The van der Waals surface area contributed by atoms with Gasteiger partial charge in [0.15, 0.2) is 0 Å². The van der Waals surface area contributed by atoms with Gasteiger partial charge in [0.05, 0.1) is 0 Å². The van der Waals surface area contributed by atoms with Crippen molar-refractivity contribution in [3.05, 3.63) is 35.4 Å². The zero-order chi connectivity index (χ0) is 21.2. The molecule has 2 aliphatic carbocycles. The van der Waals surface area contributed by atoms with E-state index in [4.69, 9.17) is 11.6 Å². The molecule has 0 radical (unpaired) electrons. The number of unbranched alkanes of at least 4 members (excludes halogenated alkanes) is 3. The van der Waals surface area contributed by atoms with Gasteiger partial charge < -0.3 is 0 Å². The second kappa shape index (κ2) is 12.3. The summed E-state index contributed by atoms with van der Waals surface area (Å²) in [4.78, 5) is 11.3. The average molecular weight is 431 g/mol. The zero-order valence-corrected chi connectivity index (χ0v) is 20.0. The summed E-state index contributed by atoms with van der Waals surface area (Å²) in [6, 6.07) is 8.00. The van der Waals surface area contributed by atoms with E-state index >= 15 is 0 Å². The first-order valence-corrected chi connectivity index (χ1v) is 13.3. The molecule has 30 heavy (non-hydrogen) atoms. The van der Waals surface area contributed by atoms with E-state index < -0.39 is 0 Å². The van der Waals surface area contributed by atoms with Crippen LogP contribution in [0.4, 0.5) is 0 Å². The molecule has 0 amide bonds. The van der Waals surface area contributed by atoms with Crippen molar-refractivity contribution in [1.29, 1.82) is 0 Å². The van der Waals surface area contributed by atoms with Crippen LogP contribution in [0.15, 0.2) is 24.3 Å². The summed E-state index contributed by atoms with van der Waals surface area (Å²) < 4.78 is 0. The van der Waals surface area contributed by atoms with Crippen molar-refractivity contribution in [1.82, 2.24) is 0 Å². The lowest BCUT2D eigenvalue weighted by atomic mass is 9.68. The van der Waals surface area contributed by atoms with Crippen molar-refractivity contribution in [2.45, 2.75) is 122 Å². The van der Waals surface area contributed by atoms with Crippen molar-refractivity contribution in [2.75, 3.05) is 0 Å². The number of hydrogen-bond acceptors (Lipinski definition) is 1. The second-order valence-corrected chi connectivity index (χ2v) is 10.7. The Labute approximate surface area is 190 Å². The Bertz CT molecular complexity index is 621. The van der Waals surface area contributed by atoms with Gasteiger partial charge in [0.2, 0.25) is 0 Å². The predicted molar refractivity (Wildman–Crippen MR) is 129 cm³/mol. The highest BCUT2D eigenvalue weighted by atomic mass is 35.5. The summed E-state index contributed by atoms with van der Waals surface area (Å²) in [5, 5.41) is -0.356. The van der Waals surface area contributed by atoms with Gasteiger partial charge in [0.1, 0.15) is 0 Å². The Morgan fingerprint density at radius 2 is 1.53 bits per heavy atom. The van der Waals surface area contributed by atoms with E-state index in [1.807, 2.05) is 12.1 Å². The number of carbonyl (C=O) groups excluding carboxylic acids is 1. The minimum Gasteiger partial charge on any atom is -0.276 e. The van der Waals surface area contributed by atoms with E-state index in [0.29, 0.717) is 16.9 Å². The second-order valence-electron chi connectivity index (χ2n) is 10.4. The van der Waals surface area contributed by atoms with Gasteiger partial charge in [-0.1, -0.05) is 76.8 Å². The van der Waals surface area contributed by atoms with Gasteiger partial charge >= 0.3 is 0 Å². The first-order chi connectivity index (χ1) is 14.6. The maximum atomic E-state index is 11.3. The molecule has 1 aromatic rings. The molecule has 0 spiro atoms. The monoisotopic (exact) mass is 430 g/mol. The van der Waals surface area contributed by atoms with Crippen LogP contribution in [0.2, 0.25) is 0 Å². The van der Waals surface area contributed by atoms with Gasteiger partial charge in [-0.05, 0) is 97.9 Å². The van der Waals surface area contributed by atoms with Gasteiger partial charge in [0.25, 0.3) is 5.24 Å². The largest absolute Gasteiger partial charge is 0.276 e. The van der Waals surface area contributed by atoms with Crippen LogP contribution in [0.3, 0.4) is 0 Å². The van der Waals surface area contributed by atoms with E-state index in [1.165, 1.54) is 115 Å². The van der Waals surface area contributed by atoms with Crippen LogP contribution in [-0.2, 0) is 0 Å². The molecule has 0 unspecified atom stereocenters. The van der Waals surface area contributed by atoms with Gasteiger partial charge in [-0.3, -0.25) is 4.79 Å². The number of carbonyl (C=O) groups is 1.